The first-order valence-electron chi connectivity index (χ1n) is 7.99. The summed E-state index contributed by atoms with van der Waals surface area (Å²) in [5.41, 5.74) is 6.71. The second-order valence-corrected chi connectivity index (χ2v) is 5.90. The highest BCUT2D eigenvalue weighted by Crippen LogP contribution is 2.24. The molecule has 0 aromatic heterocycles. The van der Waals surface area contributed by atoms with Gasteiger partial charge in [-0.15, -0.1) is 0 Å². The molecule has 1 aliphatic heterocycles. The molecule has 1 aromatic rings. The summed E-state index contributed by atoms with van der Waals surface area (Å²) in [5, 5.41) is 2.76. The number of nitrogens with two attached hydrogens (primary N) is 1. The summed E-state index contributed by atoms with van der Waals surface area (Å²) in [4.78, 5) is 37.9. The highest BCUT2D eigenvalue weighted by Gasteiger charge is 2.35. The summed E-state index contributed by atoms with van der Waals surface area (Å²) >= 11 is 0. The Balaban J connectivity index is 2.12. The molecule has 124 valence electrons. The van der Waals surface area contributed by atoms with Crippen LogP contribution in [0.3, 0.4) is 0 Å². The fourth-order valence-electron chi connectivity index (χ4n) is 2.47. The predicted octanol–water partition coefficient (Wildman–Crippen LogP) is 1.55. The maximum absolute atomic E-state index is 12.3. The van der Waals surface area contributed by atoms with E-state index in [0.29, 0.717) is 36.2 Å². The second kappa shape index (κ2) is 7.37. The van der Waals surface area contributed by atoms with Gasteiger partial charge in [-0.25, -0.2) is 0 Å². The van der Waals surface area contributed by atoms with Crippen molar-refractivity contribution in [3.63, 3.8) is 0 Å². The van der Waals surface area contributed by atoms with Gasteiger partial charge in [0.25, 0.3) is 17.7 Å². The van der Waals surface area contributed by atoms with E-state index in [0.717, 1.165) is 12.8 Å². The number of hydrogen-bond acceptors (Lipinski definition) is 4. The summed E-state index contributed by atoms with van der Waals surface area (Å²) in [6.07, 6.45) is 2.36. The molecule has 0 saturated carbocycles. The molecule has 0 radical (unpaired) electrons. The molecule has 1 unspecified atom stereocenters. The van der Waals surface area contributed by atoms with E-state index in [-0.39, 0.29) is 23.8 Å². The number of unbranched alkanes of at least 4 members (excludes halogenated alkanes) is 1. The summed E-state index contributed by atoms with van der Waals surface area (Å²) in [6, 6.07) is 4.65. The van der Waals surface area contributed by atoms with Gasteiger partial charge in [0.1, 0.15) is 0 Å². The van der Waals surface area contributed by atoms with Crippen LogP contribution in [0.4, 0.5) is 0 Å². The first-order valence-corrected chi connectivity index (χ1v) is 7.99. The number of benzene rings is 1. The topological polar surface area (TPSA) is 92.5 Å². The first-order chi connectivity index (χ1) is 11.0. The van der Waals surface area contributed by atoms with E-state index in [1.54, 1.807) is 12.1 Å². The third kappa shape index (κ3) is 3.76. The fraction of sp³-hybridized carbons (Fsp3) is 0.471. The largest absolute Gasteiger partial charge is 0.352 e. The van der Waals surface area contributed by atoms with Gasteiger partial charge >= 0.3 is 0 Å². The van der Waals surface area contributed by atoms with Crippen LogP contribution in [0.25, 0.3) is 0 Å². The van der Waals surface area contributed by atoms with Gasteiger partial charge in [-0.05, 0) is 38.0 Å². The lowest BCUT2D eigenvalue weighted by molar-refractivity contribution is 0.0652. The van der Waals surface area contributed by atoms with Crippen molar-refractivity contribution < 1.29 is 14.4 Å². The molecule has 0 aliphatic carbocycles. The number of fused-ring (bicyclic) bond motifs is 1. The Bertz CT molecular complexity index is 626. The second-order valence-electron chi connectivity index (χ2n) is 5.90. The molecule has 6 heteroatoms. The van der Waals surface area contributed by atoms with Crippen LogP contribution in [-0.2, 0) is 0 Å². The van der Waals surface area contributed by atoms with Crippen LogP contribution in [0.1, 0.15) is 64.2 Å². The Kier molecular flexibility index (Phi) is 5.50. The molecule has 1 aliphatic rings. The molecule has 1 heterocycles. The van der Waals surface area contributed by atoms with Crippen molar-refractivity contribution in [3.8, 4) is 0 Å². The Morgan fingerprint density at radius 3 is 2.61 bits per heavy atom. The summed E-state index contributed by atoms with van der Waals surface area (Å²) < 4.78 is 0. The van der Waals surface area contributed by atoms with E-state index in [1.165, 1.54) is 11.0 Å². The molecule has 3 amide bonds. The number of carbonyl (C=O) groups is 3. The molecule has 1 atom stereocenters. The van der Waals surface area contributed by atoms with Crippen molar-refractivity contribution in [1.82, 2.24) is 10.2 Å². The van der Waals surface area contributed by atoms with E-state index in [1.807, 2.05) is 13.8 Å². The van der Waals surface area contributed by atoms with E-state index in [2.05, 4.69) is 5.32 Å². The molecular weight excluding hydrogens is 294 g/mol. The molecule has 0 fully saturated rings. The molecule has 0 saturated heterocycles. The van der Waals surface area contributed by atoms with E-state index in [4.69, 9.17) is 5.73 Å². The van der Waals surface area contributed by atoms with E-state index in [9.17, 15) is 14.4 Å². The molecule has 0 spiro atoms. The first kappa shape index (κ1) is 17.1. The molecule has 2 rings (SSSR count). The zero-order chi connectivity index (χ0) is 17.0. The number of carbonyl (C=O) groups excluding carboxylic acids is 3. The molecule has 1 aromatic carbocycles. The number of nitrogens with one attached hydrogen (secondary N) is 1. The van der Waals surface area contributed by atoms with Gasteiger partial charge in [0.05, 0.1) is 11.1 Å². The van der Waals surface area contributed by atoms with Crippen LogP contribution in [0.5, 0.6) is 0 Å². The van der Waals surface area contributed by atoms with Crippen molar-refractivity contribution in [1.29, 1.82) is 0 Å². The highest BCUT2D eigenvalue weighted by atomic mass is 16.2. The van der Waals surface area contributed by atoms with E-state index < -0.39 is 0 Å². The van der Waals surface area contributed by atoms with Gasteiger partial charge in [0, 0.05) is 24.7 Å². The normalized spacial score (nSPS) is 14.8. The van der Waals surface area contributed by atoms with E-state index >= 15 is 0 Å². The van der Waals surface area contributed by atoms with Crippen LogP contribution >= 0.6 is 0 Å². The van der Waals surface area contributed by atoms with Crippen molar-refractivity contribution in [2.45, 2.75) is 39.2 Å². The fourth-order valence-corrected chi connectivity index (χ4v) is 2.47. The Hall–Kier alpha value is -2.21. The van der Waals surface area contributed by atoms with Crippen molar-refractivity contribution in [2.75, 3.05) is 13.1 Å². The summed E-state index contributed by atoms with van der Waals surface area (Å²) in [5.74, 6) is -0.855. The van der Waals surface area contributed by atoms with Gasteiger partial charge in [-0.3, -0.25) is 19.3 Å². The monoisotopic (exact) mass is 317 g/mol. The third-order valence-corrected chi connectivity index (χ3v) is 3.85. The van der Waals surface area contributed by atoms with Gasteiger partial charge in [0.15, 0.2) is 0 Å². The number of nitrogens with zero attached hydrogens (tertiary/aromatic N) is 1. The highest BCUT2D eigenvalue weighted by molar-refractivity contribution is 6.22. The van der Waals surface area contributed by atoms with Gasteiger partial charge in [0.2, 0.25) is 0 Å². The minimum absolute atomic E-state index is 0.0154. The average Bonchev–Trinajstić information content (AvgIpc) is 2.76. The number of amides is 3. The zero-order valence-corrected chi connectivity index (χ0v) is 13.6. The SMILES string of the molecule is CCCCN1C(=O)c2ccc(C(=O)NCCC(C)N)cc2C1=O. The number of rotatable bonds is 7. The Labute approximate surface area is 136 Å². The van der Waals surface area contributed by atoms with Crippen LogP contribution in [0, 0.1) is 0 Å². The quantitative estimate of drug-likeness (QED) is 0.746. The minimum atomic E-state index is -0.316. The van der Waals surface area contributed by atoms with Crippen molar-refractivity contribution in [3.05, 3.63) is 34.9 Å². The standard InChI is InChI=1S/C17H23N3O3/c1-3-4-9-20-16(22)13-6-5-12(10-14(13)17(20)23)15(21)19-8-7-11(2)18/h5-6,10-11H,3-4,7-9,18H2,1-2H3,(H,19,21). The van der Waals surface area contributed by atoms with Crippen LogP contribution in [-0.4, -0.2) is 41.8 Å². The predicted molar refractivity (Wildman–Crippen MR) is 87.3 cm³/mol. The van der Waals surface area contributed by atoms with Crippen molar-refractivity contribution >= 4 is 17.7 Å². The lowest BCUT2D eigenvalue weighted by Crippen LogP contribution is -2.30. The van der Waals surface area contributed by atoms with Crippen LogP contribution < -0.4 is 11.1 Å². The maximum atomic E-state index is 12.3. The minimum Gasteiger partial charge on any atom is -0.352 e. The molecule has 3 N–H and O–H groups in total. The van der Waals surface area contributed by atoms with Gasteiger partial charge < -0.3 is 11.1 Å². The molecular formula is C17H23N3O3. The molecule has 23 heavy (non-hydrogen) atoms. The van der Waals surface area contributed by atoms with Crippen molar-refractivity contribution in [2.24, 2.45) is 5.73 Å². The summed E-state index contributed by atoms with van der Waals surface area (Å²) in [6.45, 7) is 4.77. The molecule has 6 nitrogen and oxygen atoms in total. The third-order valence-electron chi connectivity index (χ3n) is 3.85. The van der Waals surface area contributed by atoms with Gasteiger partial charge in [-0.2, -0.15) is 0 Å². The smallest absolute Gasteiger partial charge is 0.261 e. The van der Waals surface area contributed by atoms with Gasteiger partial charge in [-0.1, -0.05) is 13.3 Å². The van der Waals surface area contributed by atoms with Crippen LogP contribution in [0.15, 0.2) is 18.2 Å². The Morgan fingerprint density at radius 1 is 1.26 bits per heavy atom. The lowest BCUT2D eigenvalue weighted by atomic mass is 10.1. The molecule has 0 bridgehead atoms. The number of hydrogen-bond donors (Lipinski definition) is 2. The van der Waals surface area contributed by atoms with Crippen LogP contribution in [0.2, 0.25) is 0 Å². The lowest BCUT2D eigenvalue weighted by Gasteiger charge is -2.12. The Morgan fingerprint density at radius 2 is 1.96 bits per heavy atom. The maximum Gasteiger partial charge on any atom is 0.261 e. The zero-order valence-electron chi connectivity index (χ0n) is 13.6. The summed E-state index contributed by atoms with van der Waals surface area (Å²) in [7, 11) is 0. The average molecular weight is 317 g/mol. The number of imide groups is 1.